The number of aryl methyl sites for hydroxylation is 1. The van der Waals surface area contributed by atoms with Gasteiger partial charge in [-0.2, -0.15) is 0 Å². The molecule has 0 aliphatic heterocycles. The Morgan fingerprint density at radius 1 is 1.38 bits per heavy atom. The molecule has 1 aromatic heterocycles. The van der Waals surface area contributed by atoms with Crippen LogP contribution in [0.1, 0.15) is 37.9 Å². The first-order valence-electron chi connectivity index (χ1n) is 8.11. The quantitative estimate of drug-likeness (QED) is 0.797. The first-order valence-corrected chi connectivity index (χ1v) is 8.11. The zero-order chi connectivity index (χ0) is 15.4. The zero-order valence-corrected chi connectivity index (χ0v) is 14.2. The first kappa shape index (κ1) is 16.2. The molecule has 1 heterocycles. The van der Waals surface area contributed by atoms with Crippen LogP contribution in [0.5, 0.6) is 0 Å². The molecule has 21 heavy (non-hydrogen) atoms. The summed E-state index contributed by atoms with van der Waals surface area (Å²) < 4.78 is 0. The van der Waals surface area contributed by atoms with Gasteiger partial charge in [0.05, 0.1) is 0 Å². The highest BCUT2D eigenvalue weighted by molar-refractivity contribution is 5.54. The van der Waals surface area contributed by atoms with Crippen LogP contribution in [0.4, 0.5) is 5.69 Å². The molecule has 4 heteroatoms. The number of hydrogen-bond acceptors (Lipinski definition) is 4. The van der Waals surface area contributed by atoms with E-state index >= 15 is 0 Å². The summed E-state index contributed by atoms with van der Waals surface area (Å²) >= 11 is 0. The van der Waals surface area contributed by atoms with Crippen LogP contribution >= 0.6 is 0 Å². The van der Waals surface area contributed by atoms with Crippen molar-refractivity contribution in [2.45, 2.75) is 52.2 Å². The van der Waals surface area contributed by atoms with Crippen molar-refractivity contribution in [3.8, 4) is 0 Å². The van der Waals surface area contributed by atoms with Gasteiger partial charge in [-0.1, -0.05) is 0 Å². The lowest BCUT2D eigenvalue weighted by Crippen LogP contribution is -2.40. The predicted molar refractivity (Wildman–Crippen MR) is 89.9 cm³/mol. The molecule has 0 bridgehead atoms. The van der Waals surface area contributed by atoms with Gasteiger partial charge in [-0.25, -0.2) is 0 Å². The molecule has 4 nitrogen and oxygen atoms in total. The summed E-state index contributed by atoms with van der Waals surface area (Å²) in [6, 6.07) is 3.46. The van der Waals surface area contributed by atoms with E-state index in [1.54, 1.807) is 0 Å². The second-order valence-corrected chi connectivity index (χ2v) is 6.51. The average Bonchev–Trinajstić information content (AvgIpc) is 3.22. The highest BCUT2D eigenvalue weighted by atomic mass is 15.2. The van der Waals surface area contributed by atoms with Crippen LogP contribution in [-0.4, -0.2) is 49.2 Å². The Bertz CT molecular complexity index is 454. The summed E-state index contributed by atoms with van der Waals surface area (Å²) in [7, 11) is 4.27. The first-order chi connectivity index (χ1) is 10.0. The van der Waals surface area contributed by atoms with Crippen molar-refractivity contribution >= 4 is 5.69 Å². The van der Waals surface area contributed by atoms with Gasteiger partial charge in [0.25, 0.3) is 0 Å². The topological polar surface area (TPSA) is 31.4 Å². The lowest BCUT2D eigenvalue weighted by atomic mass is 10.1. The van der Waals surface area contributed by atoms with Crippen molar-refractivity contribution in [2.24, 2.45) is 0 Å². The Labute approximate surface area is 129 Å². The van der Waals surface area contributed by atoms with Gasteiger partial charge in [0.1, 0.15) is 0 Å². The summed E-state index contributed by atoms with van der Waals surface area (Å²) in [5.74, 6) is 0. The van der Waals surface area contributed by atoms with Gasteiger partial charge >= 0.3 is 0 Å². The number of nitrogens with one attached hydrogen (secondary N) is 1. The van der Waals surface area contributed by atoms with Crippen LogP contribution in [-0.2, 0) is 6.54 Å². The molecule has 1 saturated carbocycles. The third kappa shape index (κ3) is 4.68. The van der Waals surface area contributed by atoms with E-state index in [4.69, 9.17) is 0 Å². The number of nitrogens with zero attached hydrogens (tertiary/aromatic N) is 3. The number of hydrogen-bond donors (Lipinski definition) is 1. The van der Waals surface area contributed by atoms with Crippen molar-refractivity contribution in [1.82, 2.24) is 15.2 Å². The fourth-order valence-corrected chi connectivity index (χ4v) is 2.87. The Morgan fingerprint density at radius 2 is 2.10 bits per heavy atom. The molecule has 1 N–H and O–H groups in total. The van der Waals surface area contributed by atoms with E-state index in [0.29, 0.717) is 6.04 Å². The van der Waals surface area contributed by atoms with Gasteiger partial charge in [-0.3, -0.25) is 4.98 Å². The summed E-state index contributed by atoms with van der Waals surface area (Å²) in [6.45, 7) is 9.63. The Balaban J connectivity index is 2.18. The maximum absolute atomic E-state index is 4.50. The minimum atomic E-state index is 0.492. The minimum absolute atomic E-state index is 0.492. The predicted octanol–water partition coefficient (Wildman–Crippen LogP) is 2.42. The molecule has 0 spiro atoms. The van der Waals surface area contributed by atoms with Gasteiger partial charge in [0.15, 0.2) is 0 Å². The standard InChI is InChI=1S/C17H30N4/c1-6-21(14(3)12-20(4)5)17-9-13(2)18-10-15(17)11-19-16-7-8-16/h9-10,14,16,19H,6-8,11-12H2,1-5H3. The zero-order valence-electron chi connectivity index (χ0n) is 14.2. The summed E-state index contributed by atoms with van der Waals surface area (Å²) in [4.78, 5) is 9.25. The summed E-state index contributed by atoms with van der Waals surface area (Å²) in [6.07, 6.45) is 4.69. The number of likely N-dealkylation sites (N-methyl/N-ethyl adjacent to an activating group) is 2. The van der Waals surface area contributed by atoms with Gasteiger partial charge < -0.3 is 15.1 Å². The van der Waals surface area contributed by atoms with Crippen molar-refractivity contribution in [2.75, 3.05) is 32.1 Å². The fraction of sp³-hybridized carbons (Fsp3) is 0.706. The van der Waals surface area contributed by atoms with Crippen LogP contribution in [0.15, 0.2) is 12.3 Å². The van der Waals surface area contributed by atoms with Crippen LogP contribution in [0, 0.1) is 6.92 Å². The molecular weight excluding hydrogens is 260 g/mol. The van der Waals surface area contributed by atoms with Crippen molar-refractivity contribution in [1.29, 1.82) is 0 Å². The molecule has 1 aliphatic rings. The molecule has 1 aromatic rings. The smallest absolute Gasteiger partial charge is 0.0448 e. The van der Waals surface area contributed by atoms with Crippen LogP contribution < -0.4 is 10.2 Å². The lowest BCUT2D eigenvalue weighted by molar-refractivity contribution is 0.372. The SMILES string of the molecule is CCN(c1cc(C)ncc1CNC1CC1)C(C)CN(C)C. The van der Waals surface area contributed by atoms with Gasteiger partial charge in [0, 0.05) is 54.9 Å². The highest BCUT2D eigenvalue weighted by Crippen LogP contribution is 2.25. The van der Waals surface area contributed by atoms with E-state index in [-0.39, 0.29) is 0 Å². The number of pyridine rings is 1. The summed E-state index contributed by atoms with van der Waals surface area (Å²) in [5.41, 5.74) is 3.75. The second kappa shape index (κ2) is 7.23. The minimum Gasteiger partial charge on any atom is -0.367 e. The summed E-state index contributed by atoms with van der Waals surface area (Å²) in [5, 5.41) is 3.61. The average molecular weight is 290 g/mol. The second-order valence-electron chi connectivity index (χ2n) is 6.51. The molecule has 118 valence electrons. The monoisotopic (exact) mass is 290 g/mol. The Kier molecular flexibility index (Phi) is 5.59. The van der Waals surface area contributed by atoms with Crippen molar-refractivity contribution in [3.63, 3.8) is 0 Å². The third-order valence-electron chi connectivity index (χ3n) is 4.07. The van der Waals surface area contributed by atoms with Crippen molar-refractivity contribution < 1.29 is 0 Å². The van der Waals surface area contributed by atoms with Crippen LogP contribution in [0.25, 0.3) is 0 Å². The molecule has 1 atom stereocenters. The highest BCUT2D eigenvalue weighted by Gasteiger charge is 2.22. The van der Waals surface area contributed by atoms with E-state index in [1.807, 2.05) is 6.20 Å². The molecule has 0 aromatic carbocycles. The lowest BCUT2D eigenvalue weighted by Gasteiger charge is -2.33. The van der Waals surface area contributed by atoms with Gasteiger partial charge in [-0.15, -0.1) is 0 Å². The molecular formula is C17H30N4. The van der Waals surface area contributed by atoms with E-state index in [0.717, 1.165) is 31.4 Å². The molecule has 1 fully saturated rings. The molecule has 1 unspecified atom stereocenters. The molecule has 2 rings (SSSR count). The molecule has 0 saturated heterocycles. The maximum Gasteiger partial charge on any atom is 0.0448 e. The number of aromatic nitrogens is 1. The van der Waals surface area contributed by atoms with E-state index in [1.165, 1.54) is 24.1 Å². The molecule has 1 aliphatic carbocycles. The molecule has 0 radical (unpaired) electrons. The maximum atomic E-state index is 4.50. The largest absolute Gasteiger partial charge is 0.367 e. The third-order valence-corrected chi connectivity index (χ3v) is 4.07. The van der Waals surface area contributed by atoms with E-state index < -0.39 is 0 Å². The van der Waals surface area contributed by atoms with E-state index in [9.17, 15) is 0 Å². The molecule has 0 amide bonds. The Hall–Kier alpha value is -1.13. The van der Waals surface area contributed by atoms with Gasteiger partial charge in [-0.05, 0) is 53.8 Å². The normalized spacial score (nSPS) is 16.3. The van der Waals surface area contributed by atoms with Crippen LogP contribution in [0.2, 0.25) is 0 Å². The Morgan fingerprint density at radius 3 is 2.67 bits per heavy atom. The van der Waals surface area contributed by atoms with E-state index in [2.05, 4.69) is 61.0 Å². The van der Waals surface area contributed by atoms with Gasteiger partial charge in [0.2, 0.25) is 0 Å². The van der Waals surface area contributed by atoms with Crippen molar-refractivity contribution in [3.05, 3.63) is 23.5 Å². The number of anilines is 1. The number of rotatable bonds is 8. The van der Waals surface area contributed by atoms with Crippen LogP contribution in [0.3, 0.4) is 0 Å². The fourth-order valence-electron chi connectivity index (χ4n) is 2.87.